The molecule has 0 aromatic heterocycles. The van der Waals surface area contributed by atoms with Crippen molar-refractivity contribution in [1.29, 1.82) is 0 Å². The lowest BCUT2D eigenvalue weighted by Gasteiger charge is -2.21. The molecule has 0 aliphatic carbocycles. The van der Waals surface area contributed by atoms with Gasteiger partial charge in [-0.25, -0.2) is 0 Å². The van der Waals surface area contributed by atoms with E-state index in [-0.39, 0.29) is 0 Å². The van der Waals surface area contributed by atoms with Crippen molar-refractivity contribution in [3.63, 3.8) is 0 Å². The molecule has 2 rings (SSSR count). The van der Waals surface area contributed by atoms with E-state index in [0.29, 0.717) is 12.0 Å². The van der Waals surface area contributed by atoms with Crippen LogP contribution in [0.5, 0.6) is 0 Å². The number of nitrogens with one attached hydrogen (secondary N) is 1. The number of hydrogen-bond donors (Lipinski definition) is 1. The van der Waals surface area contributed by atoms with Gasteiger partial charge in [0, 0.05) is 27.4 Å². The molecule has 0 amide bonds. The van der Waals surface area contributed by atoms with E-state index in [1.54, 1.807) is 0 Å². The standard InChI is InChI=1S/C18H21Br2N/c1-13(2)21-12-15(16-8-4-6-10-18(16)20)11-14-7-3-5-9-17(14)19/h3-10,13,15,21H,11-12H2,1-2H3. The van der Waals surface area contributed by atoms with Gasteiger partial charge in [-0.1, -0.05) is 82.1 Å². The summed E-state index contributed by atoms with van der Waals surface area (Å²) in [7, 11) is 0. The average molecular weight is 411 g/mol. The maximum Gasteiger partial charge on any atom is 0.0210 e. The molecule has 1 atom stereocenters. The fourth-order valence-corrected chi connectivity index (χ4v) is 3.46. The summed E-state index contributed by atoms with van der Waals surface area (Å²) in [5.41, 5.74) is 2.71. The summed E-state index contributed by atoms with van der Waals surface area (Å²) in [6, 6.07) is 17.5. The Bertz CT molecular complexity index is 581. The molecule has 0 heterocycles. The summed E-state index contributed by atoms with van der Waals surface area (Å²) >= 11 is 7.36. The first-order chi connectivity index (χ1) is 10.1. The summed E-state index contributed by atoms with van der Waals surface area (Å²) in [6.45, 7) is 5.35. The van der Waals surface area contributed by atoms with Gasteiger partial charge in [0.05, 0.1) is 0 Å². The molecule has 0 saturated carbocycles. The smallest absolute Gasteiger partial charge is 0.0210 e. The Morgan fingerprint density at radius 1 is 0.905 bits per heavy atom. The van der Waals surface area contributed by atoms with Crippen molar-refractivity contribution in [3.05, 3.63) is 68.6 Å². The Labute approximate surface area is 144 Å². The highest BCUT2D eigenvalue weighted by molar-refractivity contribution is 9.10. The second-order valence-electron chi connectivity index (χ2n) is 5.58. The SMILES string of the molecule is CC(C)NCC(Cc1ccccc1Br)c1ccccc1Br. The molecule has 112 valence electrons. The van der Waals surface area contributed by atoms with Gasteiger partial charge in [0.2, 0.25) is 0 Å². The summed E-state index contributed by atoms with van der Waals surface area (Å²) in [5, 5.41) is 3.57. The van der Waals surface area contributed by atoms with E-state index in [0.717, 1.165) is 13.0 Å². The maximum absolute atomic E-state index is 3.70. The van der Waals surface area contributed by atoms with Crippen molar-refractivity contribution in [1.82, 2.24) is 5.32 Å². The van der Waals surface area contributed by atoms with E-state index in [4.69, 9.17) is 0 Å². The Morgan fingerprint density at radius 3 is 2.14 bits per heavy atom. The lowest BCUT2D eigenvalue weighted by atomic mass is 9.91. The van der Waals surface area contributed by atoms with Crippen LogP contribution in [0.25, 0.3) is 0 Å². The molecule has 1 N–H and O–H groups in total. The Hall–Kier alpha value is -0.640. The number of rotatable bonds is 6. The van der Waals surface area contributed by atoms with Gasteiger partial charge < -0.3 is 5.32 Å². The van der Waals surface area contributed by atoms with Crippen molar-refractivity contribution in [2.24, 2.45) is 0 Å². The van der Waals surface area contributed by atoms with Gasteiger partial charge in [-0.05, 0) is 29.7 Å². The van der Waals surface area contributed by atoms with Crippen LogP contribution >= 0.6 is 31.9 Å². The average Bonchev–Trinajstić information content (AvgIpc) is 2.46. The van der Waals surface area contributed by atoms with Crippen LogP contribution < -0.4 is 5.32 Å². The molecular formula is C18H21Br2N. The Balaban J connectivity index is 2.24. The molecule has 0 spiro atoms. The highest BCUT2D eigenvalue weighted by Crippen LogP contribution is 2.29. The molecule has 2 aromatic carbocycles. The fourth-order valence-electron chi connectivity index (χ4n) is 2.41. The zero-order valence-electron chi connectivity index (χ0n) is 12.4. The molecule has 0 saturated heterocycles. The molecule has 1 nitrogen and oxygen atoms in total. The van der Waals surface area contributed by atoms with E-state index in [1.165, 1.54) is 20.1 Å². The van der Waals surface area contributed by atoms with Crippen LogP contribution in [0.1, 0.15) is 30.9 Å². The molecule has 1 unspecified atom stereocenters. The molecule has 0 aliphatic rings. The first-order valence-electron chi connectivity index (χ1n) is 7.29. The molecule has 2 aromatic rings. The van der Waals surface area contributed by atoms with Crippen molar-refractivity contribution < 1.29 is 0 Å². The van der Waals surface area contributed by atoms with E-state index in [2.05, 4.69) is 99.6 Å². The second-order valence-corrected chi connectivity index (χ2v) is 7.29. The van der Waals surface area contributed by atoms with E-state index in [9.17, 15) is 0 Å². The summed E-state index contributed by atoms with van der Waals surface area (Å²) in [5.74, 6) is 0.446. The molecular weight excluding hydrogens is 390 g/mol. The highest BCUT2D eigenvalue weighted by atomic mass is 79.9. The molecule has 0 fully saturated rings. The van der Waals surface area contributed by atoms with Gasteiger partial charge >= 0.3 is 0 Å². The lowest BCUT2D eigenvalue weighted by Crippen LogP contribution is -2.29. The first kappa shape index (κ1) is 16.7. The van der Waals surface area contributed by atoms with Gasteiger partial charge in [0.25, 0.3) is 0 Å². The van der Waals surface area contributed by atoms with E-state index >= 15 is 0 Å². The quantitative estimate of drug-likeness (QED) is 0.659. The third kappa shape index (κ3) is 4.94. The normalized spacial score (nSPS) is 12.6. The summed E-state index contributed by atoms with van der Waals surface area (Å²) < 4.78 is 2.37. The minimum Gasteiger partial charge on any atom is -0.314 e. The van der Waals surface area contributed by atoms with Crippen LogP contribution in [0.15, 0.2) is 57.5 Å². The van der Waals surface area contributed by atoms with Crippen LogP contribution in [0, 0.1) is 0 Å². The molecule has 0 aliphatic heterocycles. The van der Waals surface area contributed by atoms with Crippen molar-refractivity contribution in [3.8, 4) is 0 Å². The minimum absolute atomic E-state index is 0.446. The van der Waals surface area contributed by atoms with E-state index in [1.807, 2.05) is 0 Å². The number of halogens is 2. The van der Waals surface area contributed by atoms with Crippen LogP contribution in [0.4, 0.5) is 0 Å². The van der Waals surface area contributed by atoms with Gasteiger partial charge in [-0.15, -0.1) is 0 Å². The third-order valence-corrected chi connectivity index (χ3v) is 5.04. The fraction of sp³-hybridized carbons (Fsp3) is 0.333. The molecule has 21 heavy (non-hydrogen) atoms. The molecule has 0 radical (unpaired) electrons. The summed E-state index contributed by atoms with van der Waals surface area (Å²) in [6.07, 6.45) is 1.02. The Morgan fingerprint density at radius 2 is 1.52 bits per heavy atom. The maximum atomic E-state index is 3.70. The Kier molecular flexibility index (Phi) is 6.46. The number of hydrogen-bond acceptors (Lipinski definition) is 1. The summed E-state index contributed by atoms with van der Waals surface area (Å²) in [4.78, 5) is 0. The van der Waals surface area contributed by atoms with Gasteiger partial charge in [0.15, 0.2) is 0 Å². The molecule has 3 heteroatoms. The first-order valence-corrected chi connectivity index (χ1v) is 8.87. The van der Waals surface area contributed by atoms with E-state index < -0.39 is 0 Å². The predicted octanol–water partition coefficient (Wildman–Crippen LogP) is 5.54. The van der Waals surface area contributed by atoms with Gasteiger partial charge in [0.1, 0.15) is 0 Å². The monoisotopic (exact) mass is 409 g/mol. The van der Waals surface area contributed by atoms with Crippen molar-refractivity contribution in [2.75, 3.05) is 6.54 Å². The third-order valence-electron chi connectivity index (χ3n) is 3.54. The van der Waals surface area contributed by atoms with Crippen LogP contribution in [0.3, 0.4) is 0 Å². The lowest BCUT2D eigenvalue weighted by molar-refractivity contribution is 0.525. The van der Waals surface area contributed by atoms with Crippen LogP contribution in [0.2, 0.25) is 0 Å². The van der Waals surface area contributed by atoms with Crippen LogP contribution in [-0.4, -0.2) is 12.6 Å². The zero-order chi connectivity index (χ0) is 15.2. The highest BCUT2D eigenvalue weighted by Gasteiger charge is 2.16. The minimum atomic E-state index is 0.446. The molecule has 0 bridgehead atoms. The largest absolute Gasteiger partial charge is 0.314 e. The van der Waals surface area contributed by atoms with Gasteiger partial charge in [-0.3, -0.25) is 0 Å². The second kappa shape index (κ2) is 8.11. The topological polar surface area (TPSA) is 12.0 Å². The van der Waals surface area contributed by atoms with Gasteiger partial charge in [-0.2, -0.15) is 0 Å². The number of benzene rings is 2. The van der Waals surface area contributed by atoms with Crippen molar-refractivity contribution >= 4 is 31.9 Å². The van der Waals surface area contributed by atoms with Crippen molar-refractivity contribution in [2.45, 2.75) is 32.2 Å². The van der Waals surface area contributed by atoms with Crippen LogP contribution in [-0.2, 0) is 6.42 Å². The predicted molar refractivity (Wildman–Crippen MR) is 97.9 cm³/mol. The zero-order valence-corrected chi connectivity index (χ0v) is 15.6.